The van der Waals surface area contributed by atoms with Gasteiger partial charge < -0.3 is 29.5 Å². The first-order valence-electron chi connectivity index (χ1n) is 11.5. The van der Waals surface area contributed by atoms with Crippen LogP contribution in [0, 0.1) is 0 Å². The summed E-state index contributed by atoms with van der Waals surface area (Å²) < 4.78 is 11.4. The number of Topliss-reactive ketones (excluding diaryl/α,β-unsaturated/α-hetero) is 1. The predicted octanol–water partition coefficient (Wildman–Crippen LogP) is 4.33. The van der Waals surface area contributed by atoms with E-state index in [-0.39, 0.29) is 16.9 Å². The molecule has 0 radical (unpaired) electrons. The number of nitrogens with zero attached hydrogens (tertiary/aromatic N) is 2. The number of phenolic OH excluding ortho intramolecular Hbond substituents is 1. The summed E-state index contributed by atoms with van der Waals surface area (Å²) in [5, 5.41) is 21.6. The van der Waals surface area contributed by atoms with Gasteiger partial charge in [0.1, 0.15) is 11.5 Å². The smallest absolute Gasteiger partial charge is 0.295 e. The fraction of sp³-hybridized carbons (Fsp3) is 0.385. The van der Waals surface area contributed by atoms with Crippen molar-refractivity contribution in [2.75, 3.05) is 40.4 Å². The van der Waals surface area contributed by atoms with Crippen molar-refractivity contribution in [1.82, 2.24) is 9.80 Å². The molecule has 0 spiro atoms. The molecule has 1 fully saturated rings. The number of ketones is 1. The van der Waals surface area contributed by atoms with Crippen LogP contribution in [0.3, 0.4) is 0 Å². The van der Waals surface area contributed by atoms with E-state index < -0.39 is 23.5 Å². The number of halogens is 1. The van der Waals surface area contributed by atoms with E-state index in [1.807, 2.05) is 0 Å². The Kier molecular flexibility index (Phi) is 8.80. The van der Waals surface area contributed by atoms with E-state index in [1.165, 1.54) is 31.3 Å². The Labute approximate surface area is 213 Å². The molecule has 2 N–H and O–H groups in total. The van der Waals surface area contributed by atoms with Crippen LogP contribution in [0.15, 0.2) is 46.4 Å². The van der Waals surface area contributed by atoms with E-state index in [1.54, 1.807) is 24.3 Å². The second kappa shape index (κ2) is 11.6. The van der Waals surface area contributed by atoms with Crippen LogP contribution < -0.4 is 9.47 Å². The molecule has 0 unspecified atom stereocenters. The van der Waals surface area contributed by atoms with Gasteiger partial charge in [-0.2, -0.15) is 0 Å². The topological polar surface area (TPSA) is 99.5 Å². The summed E-state index contributed by atoms with van der Waals surface area (Å²) in [5.74, 6) is -1.20. The van der Waals surface area contributed by atoms with Gasteiger partial charge in [-0.05, 0) is 62.0 Å². The summed E-state index contributed by atoms with van der Waals surface area (Å²) in [6.07, 6.45) is 0.653. The number of ether oxygens (including phenoxy) is 2. The van der Waals surface area contributed by atoms with Gasteiger partial charge in [-0.1, -0.05) is 35.8 Å². The van der Waals surface area contributed by atoms with E-state index in [9.17, 15) is 19.8 Å². The van der Waals surface area contributed by atoms with Crippen molar-refractivity contribution in [3.63, 3.8) is 0 Å². The van der Waals surface area contributed by atoms with E-state index in [0.717, 1.165) is 19.6 Å². The number of likely N-dealkylation sites (tertiary alicyclic amines) is 1. The van der Waals surface area contributed by atoms with Crippen LogP contribution in [0.5, 0.6) is 17.2 Å². The highest BCUT2D eigenvalue weighted by Crippen LogP contribution is 2.43. The van der Waals surface area contributed by atoms with Gasteiger partial charge in [0.25, 0.3) is 11.7 Å². The zero-order valence-electron chi connectivity index (χ0n) is 20.4. The van der Waals surface area contributed by atoms with Crippen molar-refractivity contribution in [2.45, 2.75) is 26.3 Å². The summed E-state index contributed by atoms with van der Waals surface area (Å²) in [6, 6.07) is 8.80. The minimum Gasteiger partial charge on any atom is -0.507 e. The maximum atomic E-state index is 13.2. The first-order chi connectivity index (χ1) is 16.8. The zero-order valence-corrected chi connectivity index (χ0v) is 22.0. The highest BCUT2D eigenvalue weighted by atomic mass is 79.9. The molecule has 0 aliphatic carbocycles. The van der Waals surface area contributed by atoms with Crippen molar-refractivity contribution in [2.24, 2.45) is 0 Å². The number of aliphatic hydroxyl groups is 1. The van der Waals surface area contributed by atoms with E-state index in [0.29, 0.717) is 34.5 Å². The number of aromatic hydroxyl groups is 1. The van der Waals surface area contributed by atoms with Gasteiger partial charge in [0.05, 0.1) is 31.4 Å². The molecule has 2 aromatic carbocycles. The monoisotopic (exact) mass is 546 g/mol. The molecular weight excluding hydrogens is 516 g/mol. The molecule has 0 bridgehead atoms. The number of hydrogen-bond acceptors (Lipinski definition) is 7. The van der Waals surface area contributed by atoms with Gasteiger partial charge in [0.15, 0.2) is 11.5 Å². The molecule has 1 heterocycles. The third-order valence-electron chi connectivity index (χ3n) is 6.24. The number of benzene rings is 2. The van der Waals surface area contributed by atoms with E-state index >= 15 is 0 Å². The average Bonchev–Trinajstić information content (AvgIpc) is 3.12. The lowest BCUT2D eigenvalue weighted by Crippen LogP contribution is -2.33. The van der Waals surface area contributed by atoms with Crippen molar-refractivity contribution in [3.05, 3.63) is 57.6 Å². The van der Waals surface area contributed by atoms with Gasteiger partial charge in [0, 0.05) is 11.0 Å². The number of amides is 1. The Bertz CT molecular complexity index is 1130. The molecule has 0 saturated carbocycles. The lowest BCUT2D eigenvalue weighted by molar-refractivity contribution is -0.140. The summed E-state index contributed by atoms with van der Waals surface area (Å²) in [4.78, 5) is 30.1. The van der Waals surface area contributed by atoms with Crippen LogP contribution in [0.4, 0.5) is 0 Å². The van der Waals surface area contributed by atoms with E-state index in [4.69, 9.17) is 9.47 Å². The van der Waals surface area contributed by atoms with Crippen LogP contribution in [-0.4, -0.2) is 72.1 Å². The lowest BCUT2D eigenvalue weighted by Gasteiger charge is -2.27. The first kappa shape index (κ1) is 26.6. The van der Waals surface area contributed by atoms with Crippen LogP contribution in [0.1, 0.15) is 37.4 Å². The SMILES string of the molecule is CCN(CC)CCCN1C(=O)C(=O)C(=C(O)c2cc(Br)ccc2O)[C@@H]1c1ccc(OC)c(OC)c1. The molecule has 1 amide bonds. The normalized spacial score (nSPS) is 17.3. The van der Waals surface area contributed by atoms with Crippen molar-refractivity contribution < 1.29 is 29.3 Å². The summed E-state index contributed by atoms with van der Waals surface area (Å²) in [5.41, 5.74) is 0.560. The van der Waals surface area contributed by atoms with Gasteiger partial charge in [0.2, 0.25) is 0 Å². The van der Waals surface area contributed by atoms with Gasteiger partial charge in [-0.25, -0.2) is 0 Å². The molecular formula is C26H31BrN2O6. The number of carbonyl (C=O) groups is 2. The van der Waals surface area contributed by atoms with Gasteiger partial charge in [-0.3, -0.25) is 9.59 Å². The predicted molar refractivity (Wildman–Crippen MR) is 137 cm³/mol. The number of methoxy groups -OCH3 is 2. The number of hydrogen-bond donors (Lipinski definition) is 2. The molecule has 0 aromatic heterocycles. The minimum absolute atomic E-state index is 0.0611. The van der Waals surface area contributed by atoms with Crippen LogP contribution in [0.2, 0.25) is 0 Å². The second-order valence-corrected chi connectivity index (χ2v) is 9.06. The Morgan fingerprint density at radius 1 is 1.06 bits per heavy atom. The fourth-order valence-electron chi connectivity index (χ4n) is 4.33. The highest BCUT2D eigenvalue weighted by Gasteiger charge is 2.46. The van der Waals surface area contributed by atoms with Crippen LogP contribution >= 0.6 is 15.9 Å². The zero-order chi connectivity index (χ0) is 25.7. The van der Waals surface area contributed by atoms with Crippen molar-refractivity contribution >= 4 is 33.4 Å². The quantitative estimate of drug-likeness (QED) is 0.260. The van der Waals surface area contributed by atoms with Crippen molar-refractivity contribution in [1.29, 1.82) is 0 Å². The number of aliphatic hydroxyl groups excluding tert-OH is 1. The molecule has 1 saturated heterocycles. The molecule has 2 aromatic rings. The number of rotatable bonds is 10. The van der Waals surface area contributed by atoms with E-state index in [2.05, 4.69) is 34.7 Å². The molecule has 8 nitrogen and oxygen atoms in total. The van der Waals surface area contributed by atoms with Crippen LogP contribution in [0.25, 0.3) is 5.76 Å². The molecule has 3 rings (SSSR count). The molecule has 35 heavy (non-hydrogen) atoms. The third-order valence-corrected chi connectivity index (χ3v) is 6.74. The average molecular weight is 547 g/mol. The Hall–Kier alpha value is -3.04. The van der Waals surface area contributed by atoms with Crippen LogP contribution in [-0.2, 0) is 9.59 Å². The number of phenols is 1. The Morgan fingerprint density at radius 3 is 2.37 bits per heavy atom. The summed E-state index contributed by atoms with van der Waals surface area (Å²) in [7, 11) is 3.02. The lowest BCUT2D eigenvalue weighted by atomic mass is 9.94. The molecule has 1 aliphatic heterocycles. The highest BCUT2D eigenvalue weighted by molar-refractivity contribution is 9.10. The third kappa shape index (κ3) is 5.46. The Balaban J connectivity index is 2.13. The van der Waals surface area contributed by atoms with Gasteiger partial charge >= 0.3 is 0 Å². The molecule has 188 valence electrons. The minimum atomic E-state index is -0.857. The standard InChI is InChI=1S/C26H31BrN2O6/c1-5-28(6-2)12-7-13-29-23(16-8-11-20(34-3)21(14-16)35-4)22(25(32)26(29)33)24(31)18-15-17(27)9-10-19(18)30/h8-11,14-15,23,30-31H,5-7,12-13H2,1-4H3/t23-/m0/s1. The van der Waals surface area contributed by atoms with Crippen molar-refractivity contribution in [3.8, 4) is 17.2 Å². The maximum Gasteiger partial charge on any atom is 0.295 e. The Morgan fingerprint density at radius 2 is 1.74 bits per heavy atom. The maximum absolute atomic E-state index is 13.2. The van der Waals surface area contributed by atoms with Gasteiger partial charge in [-0.15, -0.1) is 0 Å². The second-order valence-electron chi connectivity index (χ2n) is 8.15. The molecule has 1 atom stereocenters. The molecule has 9 heteroatoms. The first-order valence-corrected chi connectivity index (χ1v) is 12.3. The largest absolute Gasteiger partial charge is 0.507 e. The molecule has 1 aliphatic rings. The summed E-state index contributed by atoms with van der Waals surface area (Å²) >= 11 is 3.33. The fourth-order valence-corrected chi connectivity index (χ4v) is 4.69. The number of carbonyl (C=O) groups excluding carboxylic acids is 2. The summed E-state index contributed by atoms with van der Waals surface area (Å²) in [6.45, 7) is 7.00.